The molecule has 5 rings (SSSR count). The lowest BCUT2D eigenvalue weighted by molar-refractivity contribution is -0.135. The van der Waals surface area contributed by atoms with Crippen LogP contribution in [-0.4, -0.2) is 75.4 Å². The third kappa shape index (κ3) is 3.63. The Kier molecular flexibility index (Phi) is 5.30. The number of hydrogen-bond acceptors (Lipinski definition) is 7. The summed E-state index contributed by atoms with van der Waals surface area (Å²) >= 11 is 3.22. The van der Waals surface area contributed by atoms with E-state index in [1.807, 2.05) is 35.2 Å². The largest absolute Gasteiger partial charge is 0.344 e. The number of anilines is 1. The van der Waals surface area contributed by atoms with Gasteiger partial charge in [0.2, 0.25) is 5.91 Å². The zero-order chi connectivity index (χ0) is 20.5. The van der Waals surface area contributed by atoms with Gasteiger partial charge in [0, 0.05) is 43.7 Å². The Bertz CT molecular complexity index is 1030. The second kappa shape index (κ2) is 8.23. The summed E-state index contributed by atoms with van der Waals surface area (Å²) in [4.78, 5) is 41.9. The molecule has 7 nitrogen and oxygen atoms in total. The second-order valence-corrected chi connectivity index (χ2v) is 9.25. The number of pyridine rings is 1. The SMILES string of the molecule is O=C(C1CSCN1C(=O)c1ccccc1)N1CCN(c2nc3cccnc3s2)CC1. The molecule has 2 amide bonds. The number of thiazole rings is 1. The maximum atomic E-state index is 13.2. The van der Waals surface area contributed by atoms with E-state index < -0.39 is 0 Å². The van der Waals surface area contributed by atoms with Crippen molar-refractivity contribution in [1.29, 1.82) is 0 Å². The van der Waals surface area contributed by atoms with Gasteiger partial charge in [-0.3, -0.25) is 9.59 Å². The Balaban J connectivity index is 1.24. The van der Waals surface area contributed by atoms with E-state index >= 15 is 0 Å². The Labute approximate surface area is 182 Å². The van der Waals surface area contributed by atoms with Crippen LogP contribution in [0.1, 0.15) is 10.4 Å². The van der Waals surface area contributed by atoms with Gasteiger partial charge in [0.1, 0.15) is 16.4 Å². The molecule has 0 N–H and O–H groups in total. The van der Waals surface area contributed by atoms with Gasteiger partial charge in [0.15, 0.2) is 5.13 Å². The topological polar surface area (TPSA) is 69.6 Å². The molecule has 2 aliphatic heterocycles. The summed E-state index contributed by atoms with van der Waals surface area (Å²) in [7, 11) is 0. The number of carbonyl (C=O) groups excluding carboxylic acids is 2. The molecule has 0 aliphatic carbocycles. The highest BCUT2D eigenvalue weighted by Gasteiger charge is 2.38. The molecule has 1 aromatic carbocycles. The second-order valence-electron chi connectivity index (χ2n) is 7.29. The normalized spacial score (nSPS) is 19.5. The zero-order valence-corrected chi connectivity index (χ0v) is 17.9. The van der Waals surface area contributed by atoms with Crippen molar-refractivity contribution in [2.24, 2.45) is 0 Å². The molecule has 0 bridgehead atoms. The Morgan fingerprint density at radius 3 is 2.57 bits per heavy atom. The Morgan fingerprint density at radius 2 is 1.80 bits per heavy atom. The number of aromatic nitrogens is 2. The average molecular weight is 440 g/mol. The molecule has 9 heteroatoms. The monoisotopic (exact) mass is 439 g/mol. The smallest absolute Gasteiger partial charge is 0.255 e. The van der Waals surface area contributed by atoms with Crippen molar-refractivity contribution in [1.82, 2.24) is 19.8 Å². The molecule has 2 fully saturated rings. The molecular formula is C21H21N5O2S2. The van der Waals surface area contributed by atoms with Gasteiger partial charge in [-0.05, 0) is 24.3 Å². The van der Waals surface area contributed by atoms with Gasteiger partial charge in [-0.1, -0.05) is 29.5 Å². The summed E-state index contributed by atoms with van der Waals surface area (Å²) in [6.45, 7) is 2.74. The lowest BCUT2D eigenvalue weighted by atomic mass is 10.1. The highest BCUT2D eigenvalue weighted by Crippen LogP contribution is 2.29. The lowest BCUT2D eigenvalue weighted by Gasteiger charge is -2.37. The minimum absolute atomic E-state index is 0.0508. The first kappa shape index (κ1) is 19.3. The van der Waals surface area contributed by atoms with Crippen LogP contribution in [0.5, 0.6) is 0 Å². The number of benzene rings is 1. The predicted octanol–water partition coefficient (Wildman–Crippen LogP) is 2.56. The molecule has 2 saturated heterocycles. The zero-order valence-electron chi connectivity index (χ0n) is 16.3. The van der Waals surface area contributed by atoms with Gasteiger partial charge in [-0.25, -0.2) is 9.97 Å². The molecule has 154 valence electrons. The van der Waals surface area contributed by atoms with Gasteiger partial charge < -0.3 is 14.7 Å². The van der Waals surface area contributed by atoms with Crippen LogP contribution >= 0.6 is 23.1 Å². The van der Waals surface area contributed by atoms with E-state index in [-0.39, 0.29) is 17.9 Å². The summed E-state index contributed by atoms with van der Waals surface area (Å²) in [6, 6.07) is 12.7. The molecule has 30 heavy (non-hydrogen) atoms. The van der Waals surface area contributed by atoms with Crippen LogP contribution in [0.25, 0.3) is 10.3 Å². The van der Waals surface area contributed by atoms with E-state index in [9.17, 15) is 9.59 Å². The third-order valence-electron chi connectivity index (χ3n) is 5.47. The van der Waals surface area contributed by atoms with Gasteiger partial charge in [-0.2, -0.15) is 0 Å². The quantitative estimate of drug-likeness (QED) is 0.625. The number of amides is 2. The number of carbonyl (C=O) groups is 2. The van der Waals surface area contributed by atoms with Crippen molar-refractivity contribution in [3.8, 4) is 0 Å². The van der Waals surface area contributed by atoms with Gasteiger partial charge >= 0.3 is 0 Å². The van der Waals surface area contributed by atoms with Gasteiger partial charge in [0.25, 0.3) is 5.91 Å². The van der Waals surface area contributed by atoms with Crippen LogP contribution in [0.3, 0.4) is 0 Å². The maximum Gasteiger partial charge on any atom is 0.255 e. The van der Waals surface area contributed by atoms with Crippen LogP contribution in [0.15, 0.2) is 48.7 Å². The predicted molar refractivity (Wildman–Crippen MR) is 120 cm³/mol. The van der Waals surface area contributed by atoms with Crippen molar-refractivity contribution in [2.75, 3.05) is 42.7 Å². The van der Waals surface area contributed by atoms with E-state index in [2.05, 4.69) is 14.9 Å². The number of thioether (sulfide) groups is 1. The summed E-state index contributed by atoms with van der Waals surface area (Å²) in [6.07, 6.45) is 1.78. The summed E-state index contributed by atoms with van der Waals surface area (Å²) in [5.41, 5.74) is 1.54. The fourth-order valence-corrected chi connectivity index (χ4v) is 5.92. The number of rotatable bonds is 3. The fourth-order valence-electron chi connectivity index (χ4n) is 3.82. The van der Waals surface area contributed by atoms with Crippen LogP contribution in [0, 0.1) is 0 Å². The highest BCUT2D eigenvalue weighted by atomic mass is 32.2. The third-order valence-corrected chi connectivity index (χ3v) is 7.52. The van der Waals surface area contributed by atoms with Crippen LogP contribution in [0.4, 0.5) is 5.13 Å². The van der Waals surface area contributed by atoms with Gasteiger partial charge in [-0.15, -0.1) is 11.8 Å². The first-order valence-corrected chi connectivity index (χ1v) is 11.9. The lowest BCUT2D eigenvalue weighted by Crippen LogP contribution is -2.55. The highest BCUT2D eigenvalue weighted by molar-refractivity contribution is 7.99. The van der Waals surface area contributed by atoms with Crippen molar-refractivity contribution in [3.05, 3.63) is 54.2 Å². The van der Waals surface area contributed by atoms with Crippen molar-refractivity contribution >= 4 is 50.4 Å². The van der Waals surface area contributed by atoms with Crippen LogP contribution < -0.4 is 4.90 Å². The van der Waals surface area contributed by atoms with Crippen LogP contribution in [-0.2, 0) is 4.79 Å². The minimum Gasteiger partial charge on any atom is -0.344 e. The number of piperazine rings is 1. The summed E-state index contributed by atoms with van der Waals surface area (Å²) in [5, 5.41) is 0.952. The number of fused-ring (bicyclic) bond motifs is 1. The standard InChI is InChI=1S/C21H21N5O2S2/c27-19(15-5-2-1-3-6-15)26-14-29-13-17(26)20(28)24-9-11-25(12-10-24)21-23-16-7-4-8-22-18(16)30-21/h1-8,17H,9-14H2. The van der Waals surface area contributed by atoms with E-state index in [4.69, 9.17) is 0 Å². The number of nitrogens with zero attached hydrogens (tertiary/aromatic N) is 5. The molecule has 2 aromatic heterocycles. The Morgan fingerprint density at radius 1 is 1.00 bits per heavy atom. The van der Waals surface area contributed by atoms with E-state index in [0.717, 1.165) is 28.6 Å². The summed E-state index contributed by atoms with van der Waals surface area (Å²) < 4.78 is 0. The van der Waals surface area contributed by atoms with E-state index in [0.29, 0.717) is 30.3 Å². The first-order valence-electron chi connectivity index (χ1n) is 9.90. The van der Waals surface area contributed by atoms with Crippen LogP contribution in [0.2, 0.25) is 0 Å². The van der Waals surface area contributed by atoms with E-state index in [1.165, 1.54) is 0 Å². The van der Waals surface area contributed by atoms with E-state index in [1.54, 1.807) is 46.3 Å². The molecule has 3 aromatic rings. The summed E-state index contributed by atoms with van der Waals surface area (Å²) in [5.74, 6) is 1.19. The molecule has 2 aliphatic rings. The molecule has 1 atom stereocenters. The molecule has 0 saturated carbocycles. The average Bonchev–Trinajstić information content (AvgIpc) is 3.46. The minimum atomic E-state index is -0.388. The van der Waals surface area contributed by atoms with Crippen molar-refractivity contribution in [3.63, 3.8) is 0 Å². The molecule has 0 spiro atoms. The number of hydrogen-bond donors (Lipinski definition) is 0. The molecule has 1 unspecified atom stereocenters. The fraction of sp³-hybridized carbons (Fsp3) is 0.333. The Hall–Kier alpha value is -2.65. The molecule has 4 heterocycles. The maximum absolute atomic E-state index is 13.2. The first-order chi connectivity index (χ1) is 14.7. The van der Waals surface area contributed by atoms with Gasteiger partial charge in [0.05, 0.1) is 5.88 Å². The molecule has 0 radical (unpaired) electrons. The van der Waals surface area contributed by atoms with Crippen molar-refractivity contribution < 1.29 is 9.59 Å². The molecular weight excluding hydrogens is 418 g/mol. The van der Waals surface area contributed by atoms with Crippen molar-refractivity contribution in [2.45, 2.75) is 6.04 Å².